The zero-order valence-electron chi connectivity index (χ0n) is 22.7. The van der Waals surface area contributed by atoms with E-state index in [1.54, 1.807) is 25.1 Å². The third-order valence-corrected chi connectivity index (χ3v) is 8.32. The average Bonchev–Trinajstić information content (AvgIpc) is 2.99. The van der Waals surface area contributed by atoms with Gasteiger partial charge in [-0.3, -0.25) is 13.9 Å². The molecule has 0 saturated carbocycles. The van der Waals surface area contributed by atoms with Crippen LogP contribution in [0.5, 0.6) is 0 Å². The molecule has 9 heteroatoms. The van der Waals surface area contributed by atoms with Gasteiger partial charge >= 0.3 is 0 Å². The highest BCUT2D eigenvalue weighted by atomic mass is 32.2. The minimum absolute atomic E-state index is 0.0464. The Kier molecular flexibility index (Phi) is 9.86. The molecule has 1 N–H and O–H groups in total. The van der Waals surface area contributed by atoms with Crippen molar-refractivity contribution in [3.05, 3.63) is 132 Å². The number of hydrogen-bond acceptors (Lipinski definition) is 4. The smallest absolute Gasteiger partial charge is 0.264 e. The zero-order valence-corrected chi connectivity index (χ0v) is 23.5. The molecule has 0 aliphatic rings. The van der Waals surface area contributed by atoms with Crippen LogP contribution in [-0.4, -0.2) is 44.3 Å². The van der Waals surface area contributed by atoms with Crippen LogP contribution in [0.4, 0.5) is 10.1 Å². The Morgan fingerprint density at radius 1 is 0.780 bits per heavy atom. The second-order valence-corrected chi connectivity index (χ2v) is 11.2. The number of rotatable bonds is 12. The summed E-state index contributed by atoms with van der Waals surface area (Å²) in [5.41, 5.74) is 1.33. The van der Waals surface area contributed by atoms with E-state index in [4.69, 9.17) is 0 Å². The maximum absolute atomic E-state index is 15.1. The van der Waals surface area contributed by atoms with E-state index in [-0.39, 0.29) is 29.5 Å². The lowest BCUT2D eigenvalue weighted by molar-refractivity contribution is -0.140. The SMILES string of the molecule is CCNC(=O)[C@H](Cc1ccccc1)N(Cc1ccccc1)C(=O)CN(c1ccccc1F)S(=O)(=O)c1ccccc1. The first-order valence-corrected chi connectivity index (χ1v) is 14.7. The molecule has 0 unspecified atom stereocenters. The summed E-state index contributed by atoms with van der Waals surface area (Å²) in [7, 11) is -4.35. The summed E-state index contributed by atoms with van der Waals surface area (Å²) in [6.07, 6.45) is 0.205. The number of likely N-dealkylation sites (N-methyl/N-ethyl adjacent to an activating group) is 1. The molecule has 7 nitrogen and oxygen atoms in total. The van der Waals surface area contributed by atoms with Crippen LogP contribution in [0.3, 0.4) is 0 Å². The van der Waals surface area contributed by atoms with Crippen molar-refractivity contribution < 1.29 is 22.4 Å². The number of benzene rings is 4. The monoisotopic (exact) mass is 573 g/mol. The van der Waals surface area contributed by atoms with Crippen LogP contribution in [0.25, 0.3) is 0 Å². The van der Waals surface area contributed by atoms with Crippen molar-refractivity contribution in [2.45, 2.75) is 30.8 Å². The van der Waals surface area contributed by atoms with E-state index in [0.29, 0.717) is 6.54 Å². The van der Waals surface area contributed by atoms with Crippen LogP contribution < -0.4 is 9.62 Å². The summed E-state index contributed by atoms with van der Waals surface area (Å²) in [6.45, 7) is 1.47. The van der Waals surface area contributed by atoms with Gasteiger partial charge in [0.25, 0.3) is 10.0 Å². The second kappa shape index (κ2) is 13.7. The molecule has 1 atom stereocenters. The number of para-hydroxylation sites is 1. The van der Waals surface area contributed by atoms with Gasteiger partial charge in [-0.25, -0.2) is 12.8 Å². The van der Waals surface area contributed by atoms with E-state index in [1.807, 2.05) is 60.7 Å². The predicted molar refractivity (Wildman–Crippen MR) is 157 cm³/mol. The van der Waals surface area contributed by atoms with Crippen LogP contribution in [0.1, 0.15) is 18.1 Å². The lowest BCUT2D eigenvalue weighted by Crippen LogP contribution is -2.53. The second-order valence-electron chi connectivity index (χ2n) is 9.38. The molecule has 41 heavy (non-hydrogen) atoms. The molecule has 0 saturated heterocycles. The van der Waals surface area contributed by atoms with Crippen molar-refractivity contribution >= 4 is 27.5 Å². The summed E-state index contributed by atoms with van der Waals surface area (Å²) in [5, 5.41) is 2.81. The van der Waals surface area contributed by atoms with Gasteiger partial charge < -0.3 is 10.2 Å². The number of carbonyl (C=O) groups excluding carboxylic acids is 2. The molecular weight excluding hydrogens is 541 g/mol. The van der Waals surface area contributed by atoms with Crippen molar-refractivity contribution in [2.24, 2.45) is 0 Å². The minimum Gasteiger partial charge on any atom is -0.355 e. The van der Waals surface area contributed by atoms with Crippen molar-refractivity contribution in [1.29, 1.82) is 0 Å². The van der Waals surface area contributed by atoms with E-state index in [2.05, 4.69) is 5.32 Å². The highest BCUT2D eigenvalue weighted by Gasteiger charge is 2.35. The molecule has 0 aliphatic carbocycles. The normalized spacial score (nSPS) is 11.9. The standard InChI is InChI=1S/C32H32FN3O4S/c1-2-34-32(38)30(22-25-14-6-3-7-15-25)35(23-26-16-8-4-9-17-26)31(37)24-36(29-21-13-12-20-28(29)33)41(39,40)27-18-10-5-11-19-27/h3-21,30H,2,22-24H2,1H3,(H,34,38)/t30-/m0/s1. The Balaban J connectivity index is 1.78. The van der Waals surface area contributed by atoms with Gasteiger partial charge in [0.1, 0.15) is 18.4 Å². The van der Waals surface area contributed by atoms with Crippen LogP contribution in [0, 0.1) is 5.82 Å². The van der Waals surface area contributed by atoms with Gasteiger partial charge in [-0.2, -0.15) is 0 Å². The number of halogens is 1. The number of nitrogens with zero attached hydrogens (tertiary/aromatic N) is 2. The number of hydrogen-bond donors (Lipinski definition) is 1. The molecule has 4 aromatic carbocycles. The Hall–Kier alpha value is -4.50. The zero-order chi connectivity index (χ0) is 29.2. The van der Waals surface area contributed by atoms with Crippen molar-refractivity contribution in [2.75, 3.05) is 17.4 Å². The van der Waals surface area contributed by atoms with E-state index in [1.165, 1.54) is 35.2 Å². The fraction of sp³-hybridized carbons (Fsp3) is 0.188. The van der Waals surface area contributed by atoms with Crippen molar-refractivity contribution in [3.8, 4) is 0 Å². The Morgan fingerprint density at radius 2 is 1.32 bits per heavy atom. The summed E-state index contributed by atoms with van der Waals surface area (Å²) in [6, 6.07) is 30.4. The molecule has 4 aromatic rings. The maximum Gasteiger partial charge on any atom is 0.264 e. The van der Waals surface area contributed by atoms with Gasteiger partial charge in [-0.05, 0) is 42.3 Å². The first kappa shape index (κ1) is 29.5. The number of nitrogens with one attached hydrogen (secondary N) is 1. The average molecular weight is 574 g/mol. The number of carbonyl (C=O) groups is 2. The van der Waals surface area contributed by atoms with Crippen molar-refractivity contribution in [3.63, 3.8) is 0 Å². The van der Waals surface area contributed by atoms with Gasteiger partial charge in [0.05, 0.1) is 10.6 Å². The molecule has 0 heterocycles. The van der Waals surface area contributed by atoms with E-state index in [9.17, 15) is 18.0 Å². The van der Waals surface area contributed by atoms with Gasteiger partial charge in [0.2, 0.25) is 11.8 Å². The van der Waals surface area contributed by atoms with Gasteiger partial charge in [-0.15, -0.1) is 0 Å². The molecule has 212 valence electrons. The number of anilines is 1. The molecular formula is C32H32FN3O4S. The van der Waals surface area contributed by atoms with Crippen LogP contribution in [0.15, 0.2) is 120 Å². The van der Waals surface area contributed by atoms with E-state index < -0.39 is 34.3 Å². The third-order valence-electron chi connectivity index (χ3n) is 6.55. The predicted octanol–water partition coefficient (Wildman–Crippen LogP) is 4.80. The summed E-state index contributed by atoms with van der Waals surface area (Å²) < 4.78 is 43.5. The fourth-order valence-electron chi connectivity index (χ4n) is 4.51. The number of sulfonamides is 1. The van der Waals surface area contributed by atoms with Crippen LogP contribution >= 0.6 is 0 Å². The Morgan fingerprint density at radius 3 is 1.90 bits per heavy atom. The maximum atomic E-state index is 15.1. The summed E-state index contributed by atoms with van der Waals surface area (Å²) in [5.74, 6) is -1.81. The molecule has 0 bridgehead atoms. The van der Waals surface area contributed by atoms with Crippen LogP contribution in [0.2, 0.25) is 0 Å². The fourth-order valence-corrected chi connectivity index (χ4v) is 5.96. The third kappa shape index (κ3) is 7.37. The highest BCUT2D eigenvalue weighted by Crippen LogP contribution is 2.27. The topological polar surface area (TPSA) is 86.8 Å². The lowest BCUT2D eigenvalue weighted by Gasteiger charge is -2.33. The van der Waals surface area contributed by atoms with E-state index in [0.717, 1.165) is 21.5 Å². The lowest BCUT2D eigenvalue weighted by atomic mass is 10.0. The van der Waals surface area contributed by atoms with E-state index >= 15 is 4.39 Å². The molecule has 2 amide bonds. The molecule has 0 fully saturated rings. The molecule has 0 spiro atoms. The highest BCUT2D eigenvalue weighted by molar-refractivity contribution is 7.92. The first-order chi connectivity index (χ1) is 19.8. The van der Waals surface area contributed by atoms with Gasteiger partial charge in [0, 0.05) is 19.5 Å². The molecule has 0 radical (unpaired) electrons. The number of amides is 2. The Bertz CT molecular complexity index is 1550. The molecule has 0 aromatic heterocycles. The van der Waals surface area contributed by atoms with Gasteiger partial charge in [-0.1, -0.05) is 91.0 Å². The largest absolute Gasteiger partial charge is 0.355 e. The van der Waals surface area contributed by atoms with Gasteiger partial charge in [0.15, 0.2) is 0 Å². The minimum atomic E-state index is -4.35. The van der Waals surface area contributed by atoms with Crippen molar-refractivity contribution in [1.82, 2.24) is 10.2 Å². The first-order valence-electron chi connectivity index (χ1n) is 13.3. The Labute approximate surface area is 240 Å². The molecule has 0 aliphatic heterocycles. The summed E-state index contributed by atoms with van der Waals surface area (Å²) in [4.78, 5) is 28.9. The van der Waals surface area contributed by atoms with Crippen LogP contribution in [-0.2, 0) is 32.6 Å². The summed E-state index contributed by atoms with van der Waals surface area (Å²) >= 11 is 0. The molecule has 4 rings (SSSR count). The quantitative estimate of drug-likeness (QED) is 0.264.